The van der Waals surface area contributed by atoms with E-state index in [2.05, 4.69) is 11.9 Å². The number of hydrogen-bond donors (Lipinski definition) is 2. The first-order chi connectivity index (χ1) is 6.18. The van der Waals surface area contributed by atoms with Crippen molar-refractivity contribution in [3.8, 4) is 0 Å². The number of aliphatic hydroxyl groups excluding tert-OH is 1. The van der Waals surface area contributed by atoms with Crippen molar-refractivity contribution in [1.82, 2.24) is 4.90 Å². The Bertz CT molecular complexity index is 193. The van der Waals surface area contributed by atoms with Crippen LogP contribution in [0.2, 0.25) is 0 Å². The molecule has 1 saturated heterocycles. The van der Waals surface area contributed by atoms with Crippen LogP contribution in [0.4, 0.5) is 0 Å². The smallest absolute Gasteiger partial charge is 0.0505 e. The van der Waals surface area contributed by atoms with Crippen molar-refractivity contribution in [3.05, 3.63) is 0 Å². The topological polar surface area (TPSA) is 49.5 Å². The van der Waals surface area contributed by atoms with Crippen molar-refractivity contribution in [1.29, 1.82) is 0 Å². The molecule has 3 N–H and O–H groups in total. The predicted octanol–water partition coefficient (Wildman–Crippen LogP) is 0.0395. The Morgan fingerprint density at radius 2 is 2.00 bits per heavy atom. The lowest BCUT2D eigenvalue weighted by Gasteiger charge is -2.32. The lowest BCUT2D eigenvalue weighted by atomic mass is 9.84. The number of aliphatic hydroxyl groups is 1. The van der Waals surface area contributed by atoms with Crippen LogP contribution in [0.3, 0.4) is 0 Å². The summed E-state index contributed by atoms with van der Waals surface area (Å²) in [7, 11) is 2.16. The van der Waals surface area contributed by atoms with Crippen molar-refractivity contribution in [2.75, 3.05) is 33.3 Å². The Kier molecular flexibility index (Phi) is 2.13. The van der Waals surface area contributed by atoms with Crippen LogP contribution in [-0.4, -0.2) is 43.3 Å². The van der Waals surface area contributed by atoms with Gasteiger partial charge in [0, 0.05) is 12.0 Å². The molecule has 13 heavy (non-hydrogen) atoms. The summed E-state index contributed by atoms with van der Waals surface area (Å²) in [6.45, 7) is 3.28. The fraction of sp³-hybridized carbons (Fsp3) is 1.00. The van der Waals surface area contributed by atoms with Gasteiger partial charge in [-0.15, -0.1) is 0 Å². The lowest BCUT2D eigenvalue weighted by Crippen LogP contribution is -2.37. The van der Waals surface area contributed by atoms with Gasteiger partial charge < -0.3 is 15.7 Å². The van der Waals surface area contributed by atoms with E-state index >= 15 is 0 Å². The van der Waals surface area contributed by atoms with E-state index in [1.807, 2.05) is 0 Å². The van der Waals surface area contributed by atoms with Crippen LogP contribution in [0.1, 0.15) is 19.3 Å². The standard InChI is InChI=1S/C10H20N2O/c1-12-4-2-9(3-5-12)6-10(9,7-11)8-13/h13H,2-8,11H2,1H3. The molecule has 3 heteroatoms. The zero-order valence-corrected chi connectivity index (χ0v) is 8.42. The van der Waals surface area contributed by atoms with Crippen LogP contribution in [0.5, 0.6) is 0 Å². The van der Waals surface area contributed by atoms with E-state index in [1.165, 1.54) is 25.9 Å². The first-order valence-electron chi connectivity index (χ1n) is 5.18. The van der Waals surface area contributed by atoms with Gasteiger partial charge in [0.25, 0.3) is 0 Å². The molecule has 1 spiro atoms. The molecule has 2 rings (SSSR count). The first-order valence-corrected chi connectivity index (χ1v) is 5.18. The Morgan fingerprint density at radius 3 is 2.38 bits per heavy atom. The molecule has 1 aliphatic carbocycles. The van der Waals surface area contributed by atoms with Gasteiger partial charge in [0.1, 0.15) is 0 Å². The van der Waals surface area contributed by atoms with Crippen molar-refractivity contribution < 1.29 is 5.11 Å². The van der Waals surface area contributed by atoms with Gasteiger partial charge in [-0.05, 0) is 44.8 Å². The van der Waals surface area contributed by atoms with E-state index < -0.39 is 0 Å². The van der Waals surface area contributed by atoms with E-state index in [0.717, 1.165) is 6.42 Å². The molecule has 0 aromatic carbocycles. The van der Waals surface area contributed by atoms with Crippen LogP contribution in [0, 0.1) is 10.8 Å². The highest BCUT2D eigenvalue weighted by atomic mass is 16.3. The summed E-state index contributed by atoms with van der Waals surface area (Å²) >= 11 is 0. The van der Waals surface area contributed by atoms with Gasteiger partial charge in [-0.2, -0.15) is 0 Å². The predicted molar refractivity (Wildman–Crippen MR) is 52.4 cm³/mol. The number of nitrogens with zero attached hydrogens (tertiary/aromatic N) is 1. The average molecular weight is 184 g/mol. The molecular formula is C10H20N2O. The Balaban J connectivity index is 2.02. The second-order valence-corrected chi connectivity index (χ2v) is 4.90. The highest BCUT2D eigenvalue weighted by Crippen LogP contribution is 2.68. The normalized spacial score (nSPS) is 38.1. The van der Waals surface area contributed by atoms with Gasteiger partial charge in [-0.3, -0.25) is 0 Å². The molecule has 2 fully saturated rings. The summed E-state index contributed by atoms with van der Waals surface area (Å²) in [6.07, 6.45) is 3.60. The van der Waals surface area contributed by atoms with Gasteiger partial charge in [0.2, 0.25) is 0 Å². The van der Waals surface area contributed by atoms with Gasteiger partial charge in [0.15, 0.2) is 0 Å². The number of rotatable bonds is 2. The fourth-order valence-electron chi connectivity index (χ4n) is 2.93. The van der Waals surface area contributed by atoms with Crippen molar-refractivity contribution in [2.45, 2.75) is 19.3 Å². The number of likely N-dealkylation sites (tertiary alicyclic amines) is 1. The van der Waals surface area contributed by atoms with Crippen LogP contribution in [-0.2, 0) is 0 Å². The third kappa shape index (κ3) is 1.22. The SMILES string of the molecule is CN1CCC2(CC1)CC2(CN)CO. The number of hydrogen-bond acceptors (Lipinski definition) is 3. The summed E-state index contributed by atoms with van der Waals surface area (Å²) in [6, 6.07) is 0. The Labute approximate surface area is 79.9 Å². The molecule has 1 heterocycles. The van der Waals surface area contributed by atoms with Gasteiger partial charge in [-0.1, -0.05) is 0 Å². The molecule has 0 aromatic heterocycles. The van der Waals surface area contributed by atoms with Crippen LogP contribution >= 0.6 is 0 Å². The maximum Gasteiger partial charge on any atom is 0.0505 e. The van der Waals surface area contributed by atoms with Crippen molar-refractivity contribution >= 4 is 0 Å². The van der Waals surface area contributed by atoms with E-state index in [4.69, 9.17) is 5.73 Å². The van der Waals surface area contributed by atoms with E-state index in [0.29, 0.717) is 12.0 Å². The number of piperidine rings is 1. The van der Waals surface area contributed by atoms with Crippen LogP contribution in [0.15, 0.2) is 0 Å². The molecule has 1 saturated carbocycles. The maximum absolute atomic E-state index is 9.35. The van der Waals surface area contributed by atoms with E-state index in [9.17, 15) is 5.11 Å². The van der Waals surface area contributed by atoms with Crippen molar-refractivity contribution in [3.63, 3.8) is 0 Å². The average Bonchev–Trinajstić information content (AvgIpc) is 2.80. The monoisotopic (exact) mass is 184 g/mol. The highest BCUT2D eigenvalue weighted by Gasteiger charge is 2.65. The molecule has 0 bridgehead atoms. The summed E-state index contributed by atoms with van der Waals surface area (Å²) < 4.78 is 0. The largest absolute Gasteiger partial charge is 0.396 e. The molecule has 1 aliphatic heterocycles. The maximum atomic E-state index is 9.35. The van der Waals surface area contributed by atoms with Gasteiger partial charge in [-0.25, -0.2) is 0 Å². The summed E-state index contributed by atoms with van der Waals surface area (Å²) in [5.41, 5.74) is 6.24. The fourth-order valence-corrected chi connectivity index (χ4v) is 2.93. The van der Waals surface area contributed by atoms with Gasteiger partial charge >= 0.3 is 0 Å². The molecule has 2 aliphatic rings. The minimum Gasteiger partial charge on any atom is -0.396 e. The second kappa shape index (κ2) is 2.94. The summed E-state index contributed by atoms with van der Waals surface area (Å²) in [5.74, 6) is 0. The quantitative estimate of drug-likeness (QED) is 0.637. The van der Waals surface area contributed by atoms with Crippen LogP contribution in [0.25, 0.3) is 0 Å². The molecule has 0 aromatic rings. The number of nitrogens with two attached hydrogens (primary N) is 1. The second-order valence-electron chi connectivity index (χ2n) is 4.90. The molecule has 0 amide bonds. The summed E-state index contributed by atoms with van der Waals surface area (Å²) in [5, 5.41) is 9.35. The molecule has 1 unspecified atom stereocenters. The molecule has 1 atom stereocenters. The zero-order chi connectivity index (χ0) is 9.53. The third-order valence-corrected chi connectivity index (χ3v) is 4.31. The Hall–Kier alpha value is -0.120. The summed E-state index contributed by atoms with van der Waals surface area (Å²) in [4.78, 5) is 2.36. The molecule has 0 radical (unpaired) electrons. The minimum atomic E-state index is 0.0915. The van der Waals surface area contributed by atoms with E-state index in [1.54, 1.807) is 0 Å². The zero-order valence-electron chi connectivity index (χ0n) is 8.42. The third-order valence-electron chi connectivity index (χ3n) is 4.31. The van der Waals surface area contributed by atoms with Crippen molar-refractivity contribution in [2.24, 2.45) is 16.6 Å². The Morgan fingerprint density at radius 1 is 1.38 bits per heavy atom. The lowest BCUT2D eigenvalue weighted by molar-refractivity contribution is 0.123. The minimum absolute atomic E-state index is 0.0915. The molecule has 76 valence electrons. The highest BCUT2D eigenvalue weighted by molar-refractivity contribution is 5.15. The van der Waals surface area contributed by atoms with E-state index in [-0.39, 0.29) is 12.0 Å². The molecular weight excluding hydrogens is 164 g/mol. The first kappa shape index (κ1) is 9.44. The van der Waals surface area contributed by atoms with Gasteiger partial charge in [0.05, 0.1) is 6.61 Å². The van der Waals surface area contributed by atoms with Crippen LogP contribution < -0.4 is 5.73 Å². The molecule has 3 nitrogen and oxygen atoms in total.